The maximum absolute atomic E-state index is 5.62. The Kier molecular flexibility index (Phi) is 1.86. The molecule has 2 heterocycles. The minimum absolute atomic E-state index is 0.550. The highest BCUT2D eigenvalue weighted by atomic mass is 16.4. The molecule has 0 amide bonds. The monoisotopic (exact) mass is 211 g/mol. The fourth-order valence-electron chi connectivity index (χ4n) is 1.52. The van der Waals surface area contributed by atoms with E-state index < -0.39 is 0 Å². The Morgan fingerprint density at radius 3 is 2.62 bits per heavy atom. The van der Waals surface area contributed by atoms with Crippen LogP contribution in [0.3, 0.4) is 0 Å². The smallest absolute Gasteiger partial charge is 0.247 e. The summed E-state index contributed by atoms with van der Waals surface area (Å²) in [6.07, 6.45) is 1.68. The molecule has 0 aliphatic rings. The van der Waals surface area contributed by atoms with E-state index in [1.807, 2.05) is 36.4 Å². The first-order chi connectivity index (χ1) is 7.83. The number of nitrogens with two attached hydrogens (primary N) is 1. The van der Waals surface area contributed by atoms with Crippen molar-refractivity contribution in [3.63, 3.8) is 0 Å². The van der Waals surface area contributed by atoms with Gasteiger partial charge in [0.1, 0.15) is 5.52 Å². The number of benzene rings is 1. The average molecular weight is 211 g/mol. The summed E-state index contributed by atoms with van der Waals surface area (Å²) in [5, 5.41) is 0. The van der Waals surface area contributed by atoms with Crippen LogP contribution in [-0.2, 0) is 0 Å². The molecular formula is C12H9N3O. The zero-order valence-electron chi connectivity index (χ0n) is 8.42. The minimum atomic E-state index is 0.550. The lowest BCUT2D eigenvalue weighted by Gasteiger charge is -1.95. The number of nitrogens with zero attached hydrogens (tertiary/aromatic N) is 2. The zero-order chi connectivity index (χ0) is 11.0. The number of hydrogen-bond acceptors (Lipinski definition) is 4. The van der Waals surface area contributed by atoms with Crippen molar-refractivity contribution >= 4 is 16.9 Å². The van der Waals surface area contributed by atoms with Crippen LogP contribution >= 0.6 is 0 Å². The summed E-state index contributed by atoms with van der Waals surface area (Å²) in [7, 11) is 0. The first-order valence-corrected chi connectivity index (χ1v) is 4.90. The van der Waals surface area contributed by atoms with E-state index in [0.29, 0.717) is 11.6 Å². The maximum atomic E-state index is 5.62. The van der Waals surface area contributed by atoms with E-state index in [9.17, 15) is 0 Å². The third-order valence-electron chi connectivity index (χ3n) is 2.32. The normalized spacial score (nSPS) is 10.8. The molecule has 0 fully saturated rings. The third kappa shape index (κ3) is 1.40. The molecule has 2 N–H and O–H groups in total. The van der Waals surface area contributed by atoms with Gasteiger partial charge in [-0.3, -0.25) is 0 Å². The van der Waals surface area contributed by atoms with Crippen LogP contribution in [0.2, 0.25) is 0 Å². The first-order valence-electron chi connectivity index (χ1n) is 4.90. The Hall–Kier alpha value is -2.36. The fourth-order valence-corrected chi connectivity index (χ4v) is 1.52. The van der Waals surface area contributed by atoms with Crippen LogP contribution in [0.5, 0.6) is 0 Å². The Balaban J connectivity index is 2.15. The molecule has 0 spiro atoms. The van der Waals surface area contributed by atoms with Crippen molar-refractivity contribution in [2.45, 2.75) is 0 Å². The van der Waals surface area contributed by atoms with Crippen molar-refractivity contribution in [3.8, 4) is 11.5 Å². The highest BCUT2D eigenvalue weighted by Gasteiger charge is 2.07. The van der Waals surface area contributed by atoms with Crippen molar-refractivity contribution in [2.75, 3.05) is 5.73 Å². The van der Waals surface area contributed by atoms with Crippen LogP contribution in [-0.4, -0.2) is 9.97 Å². The SMILES string of the molecule is Nc1ccc(-c2nc3cccnc3o2)cc1. The van der Waals surface area contributed by atoms with Crippen LogP contribution in [0, 0.1) is 0 Å². The standard InChI is InChI=1S/C12H9N3O/c13-9-5-3-8(4-6-9)11-15-10-2-1-7-14-12(10)16-11/h1-7H,13H2. The molecule has 2 aromatic heterocycles. The van der Waals surface area contributed by atoms with Gasteiger partial charge in [-0.25, -0.2) is 9.97 Å². The van der Waals surface area contributed by atoms with E-state index >= 15 is 0 Å². The van der Waals surface area contributed by atoms with Gasteiger partial charge in [0.2, 0.25) is 11.6 Å². The van der Waals surface area contributed by atoms with Crippen molar-refractivity contribution in [3.05, 3.63) is 42.6 Å². The molecule has 0 aliphatic carbocycles. The van der Waals surface area contributed by atoms with Gasteiger partial charge < -0.3 is 10.2 Å². The van der Waals surface area contributed by atoms with Crippen LogP contribution < -0.4 is 5.73 Å². The molecule has 3 rings (SSSR count). The van der Waals surface area contributed by atoms with Crippen LogP contribution in [0.1, 0.15) is 0 Å². The Labute approximate surface area is 91.7 Å². The average Bonchev–Trinajstić information content (AvgIpc) is 2.73. The second-order valence-electron chi connectivity index (χ2n) is 3.47. The molecule has 0 radical (unpaired) electrons. The molecule has 0 saturated heterocycles. The lowest BCUT2D eigenvalue weighted by Crippen LogP contribution is -1.83. The number of pyridine rings is 1. The molecule has 0 unspecified atom stereocenters. The van der Waals surface area contributed by atoms with Gasteiger partial charge in [0.15, 0.2) is 0 Å². The maximum Gasteiger partial charge on any atom is 0.247 e. The van der Waals surface area contributed by atoms with Crippen molar-refractivity contribution in [2.24, 2.45) is 0 Å². The molecule has 0 bridgehead atoms. The number of fused-ring (bicyclic) bond motifs is 1. The van der Waals surface area contributed by atoms with E-state index in [-0.39, 0.29) is 0 Å². The summed E-state index contributed by atoms with van der Waals surface area (Å²) in [4.78, 5) is 8.43. The van der Waals surface area contributed by atoms with E-state index in [1.165, 1.54) is 0 Å². The molecule has 0 atom stereocenters. The number of oxazole rings is 1. The summed E-state index contributed by atoms with van der Waals surface area (Å²) in [6.45, 7) is 0. The van der Waals surface area contributed by atoms with Gasteiger partial charge in [0.25, 0.3) is 0 Å². The number of nitrogen functional groups attached to an aromatic ring is 1. The van der Waals surface area contributed by atoms with Crippen LogP contribution in [0.15, 0.2) is 47.0 Å². The number of aromatic nitrogens is 2. The van der Waals surface area contributed by atoms with E-state index in [1.54, 1.807) is 6.20 Å². The van der Waals surface area contributed by atoms with Gasteiger partial charge in [-0.05, 0) is 36.4 Å². The third-order valence-corrected chi connectivity index (χ3v) is 2.32. The second-order valence-corrected chi connectivity index (χ2v) is 3.47. The molecule has 0 saturated carbocycles. The van der Waals surface area contributed by atoms with E-state index in [4.69, 9.17) is 10.2 Å². The van der Waals surface area contributed by atoms with Gasteiger partial charge >= 0.3 is 0 Å². The van der Waals surface area contributed by atoms with E-state index in [0.717, 1.165) is 16.8 Å². The molecule has 4 nitrogen and oxygen atoms in total. The summed E-state index contributed by atoms with van der Waals surface area (Å²) < 4.78 is 5.53. The topological polar surface area (TPSA) is 64.9 Å². The molecule has 4 heteroatoms. The van der Waals surface area contributed by atoms with Gasteiger partial charge in [-0.15, -0.1) is 0 Å². The van der Waals surface area contributed by atoms with Gasteiger partial charge in [0, 0.05) is 17.4 Å². The molecular weight excluding hydrogens is 202 g/mol. The lowest BCUT2D eigenvalue weighted by atomic mass is 10.2. The molecule has 1 aromatic carbocycles. The Morgan fingerprint density at radius 1 is 1.06 bits per heavy atom. The molecule has 3 aromatic rings. The zero-order valence-corrected chi connectivity index (χ0v) is 8.42. The van der Waals surface area contributed by atoms with Crippen molar-refractivity contribution in [1.82, 2.24) is 9.97 Å². The predicted molar refractivity (Wildman–Crippen MR) is 61.7 cm³/mol. The summed E-state index contributed by atoms with van der Waals surface area (Å²) in [5.41, 5.74) is 8.54. The fraction of sp³-hybridized carbons (Fsp3) is 0. The molecule has 78 valence electrons. The Morgan fingerprint density at radius 2 is 1.88 bits per heavy atom. The van der Waals surface area contributed by atoms with Crippen LogP contribution in [0.25, 0.3) is 22.7 Å². The number of rotatable bonds is 1. The predicted octanol–water partition coefficient (Wildman–Crippen LogP) is 2.47. The minimum Gasteiger partial charge on any atom is -0.418 e. The molecule has 16 heavy (non-hydrogen) atoms. The quantitative estimate of drug-likeness (QED) is 0.628. The van der Waals surface area contributed by atoms with Crippen LogP contribution in [0.4, 0.5) is 5.69 Å². The number of hydrogen-bond donors (Lipinski definition) is 1. The summed E-state index contributed by atoms with van der Waals surface area (Å²) >= 11 is 0. The van der Waals surface area contributed by atoms with Gasteiger partial charge in [0.05, 0.1) is 0 Å². The molecule has 0 aliphatic heterocycles. The van der Waals surface area contributed by atoms with Gasteiger partial charge in [-0.2, -0.15) is 0 Å². The summed E-state index contributed by atoms with van der Waals surface area (Å²) in [6, 6.07) is 11.1. The van der Waals surface area contributed by atoms with Crippen molar-refractivity contribution in [1.29, 1.82) is 0 Å². The van der Waals surface area contributed by atoms with E-state index in [2.05, 4.69) is 9.97 Å². The number of anilines is 1. The van der Waals surface area contributed by atoms with Crippen molar-refractivity contribution < 1.29 is 4.42 Å². The highest BCUT2D eigenvalue weighted by Crippen LogP contribution is 2.23. The second kappa shape index (κ2) is 3.34. The Bertz CT molecular complexity index is 595. The van der Waals surface area contributed by atoms with Gasteiger partial charge in [-0.1, -0.05) is 0 Å². The first kappa shape index (κ1) is 8.91. The summed E-state index contributed by atoms with van der Waals surface area (Å²) in [5.74, 6) is 0.564. The lowest BCUT2D eigenvalue weighted by molar-refractivity contribution is 0.608. The largest absolute Gasteiger partial charge is 0.418 e. The highest BCUT2D eigenvalue weighted by molar-refractivity contribution is 5.72.